The quantitative estimate of drug-likeness (QED) is 0.0305. The fourth-order valence-electron chi connectivity index (χ4n) is 11.6. The zero-order valence-electron chi connectivity index (χ0n) is 50.6. The lowest BCUT2D eigenvalue weighted by molar-refractivity contribution is -0.380. The summed E-state index contributed by atoms with van der Waals surface area (Å²) in [6.07, 6.45) is 14.2. The fourth-order valence-corrected chi connectivity index (χ4v) is 11.6. The molecule has 3 rings (SSSR count). The van der Waals surface area contributed by atoms with Crippen LogP contribution in [0.2, 0.25) is 0 Å². The van der Waals surface area contributed by atoms with Gasteiger partial charge in [0.1, 0.15) is 79.4 Å². The van der Waals surface area contributed by atoms with Crippen LogP contribution in [0, 0.1) is 0 Å². The molecule has 0 radical (unpaired) electrons. The molecule has 20 heteroatoms. The first-order valence-corrected chi connectivity index (χ1v) is 32.9. The molecule has 0 aromatic rings. The van der Waals surface area contributed by atoms with Gasteiger partial charge in [-0.3, -0.25) is 4.79 Å². The number of carbonyl (C=O) groups is 1. The van der Waals surface area contributed by atoms with Crippen LogP contribution in [0.4, 0.5) is 0 Å². The number of hydrogen-bond acceptors (Lipinski definition) is 19. The molecule has 0 aliphatic carbocycles. The topological polar surface area (TPSA) is 327 Å². The Labute approximate surface area is 492 Å². The number of aliphatic hydroxyl groups is 12. The molecule has 3 aliphatic rings. The fraction of sp³-hybridized carbons (Fsp3) is 0.984. The van der Waals surface area contributed by atoms with E-state index in [0.717, 1.165) is 51.4 Å². The standard InChI is InChI=1S/C62H119NO19/c1-3-5-7-9-11-13-15-17-18-19-20-21-22-23-24-25-26-27-29-31-33-35-37-39-49(68)63-44(50(69)45(67)38-36-34-32-30-28-16-14-12-10-8-6-4-2)43-77-60-56(75)54(73)58(48(42-66)80-60)81-62-57(76)59(52(71)47(41-65)79-62)82-61-55(74)53(72)51(70)46(40-64)78-61/h44-48,50-62,64-67,69-76H,3-43H2,1-2H3,(H,63,68)/t44-,45+,46+,47+,48+,50-,51-,52-,53-,54+,55+,56+,57+,58+,59-,60+,61+,62-/m0/s1. The van der Waals surface area contributed by atoms with Crippen molar-refractivity contribution in [3.8, 4) is 0 Å². The number of hydrogen-bond donors (Lipinski definition) is 13. The number of ether oxygens (including phenoxy) is 6. The van der Waals surface area contributed by atoms with Gasteiger partial charge in [-0.1, -0.05) is 232 Å². The Hall–Kier alpha value is -1.25. The van der Waals surface area contributed by atoms with Gasteiger partial charge < -0.3 is 95.0 Å². The smallest absolute Gasteiger partial charge is 0.220 e. The average molecular weight is 1180 g/mol. The van der Waals surface area contributed by atoms with E-state index >= 15 is 0 Å². The Balaban J connectivity index is 1.47. The second-order valence-electron chi connectivity index (χ2n) is 24.1. The minimum absolute atomic E-state index is 0.182. The molecule has 0 unspecified atom stereocenters. The highest BCUT2D eigenvalue weighted by atomic mass is 16.8. The predicted molar refractivity (Wildman–Crippen MR) is 311 cm³/mol. The third-order valence-electron chi connectivity index (χ3n) is 17.0. The maximum absolute atomic E-state index is 13.4. The summed E-state index contributed by atoms with van der Waals surface area (Å²) in [6.45, 7) is 1.53. The Morgan fingerprint density at radius 2 is 0.756 bits per heavy atom. The van der Waals surface area contributed by atoms with Gasteiger partial charge in [-0.05, 0) is 12.8 Å². The summed E-state index contributed by atoms with van der Waals surface area (Å²) in [5.41, 5.74) is 0. The predicted octanol–water partition coefficient (Wildman–Crippen LogP) is 6.13. The average Bonchev–Trinajstić information content (AvgIpc) is 3.54. The molecule has 13 N–H and O–H groups in total. The largest absolute Gasteiger partial charge is 0.394 e. The summed E-state index contributed by atoms with van der Waals surface area (Å²) in [5, 5.41) is 132. The molecule has 0 aromatic heterocycles. The van der Waals surface area contributed by atoms with Gasteiger partial charge in [0.15, 0.2) is 18.9 Å². The van der Waals surface area contributed by atoms with E-state index in [1.807, 2.05) is 0 Å². The number of rotatable bonds is 50. The van der Waals surface area contributed by atoms with Crippen molar-refractivity contribution in [2.45, 2.75) is 362 Å². The highest BCUT2D eigenvalue weighted by Crippen LogP contribution is 2.33. The van der Waals surface area contributed by atoms with Crippen molar-refractivity contribution in [3.05, 3.63) is 0 Å². The zero-order valence-corrected chi connectivity index (χ0v) is 50.6. The van der Waals surface area contributed by atoms with Gasteiger partial charge >= 0.3 is 0 Å². The van der Waals surface area contributed by atoms with Crippen LogP contribution in [0.25, 0.3) is 0 Å². The second-order valence-corrected chi connectivity index (χ2v) is 24.1. The molecule has 82 heavy (non-hydrogen) atoms. The third kappa shape index (κ3) is 28.7. The number of amides is 1. The molecule has 3 aliphatic heterocycles. The van der Waals surface area contributed by atoms with Crippen molar-refractivity contribution >= 4 is 5.91 Å². The lowest BCUT2D eigenvalue weighted by Gasteiger charge is -2.48. The summed E-state index contributed by atoms with van der Waals surface area (Å²) in [7, 11) is 0. The van der Waals surface area contributed by atoms with E-state index in [1.54, 1.807) is 0 Å². The molecule has 1 amide bonds. The Kier molecular flexibility index (Phi) is 42.0. The van der Waals surface area contributed by atoms with Crippen LogP contribution in [-0.4, -0.2) is 204 Å². The molecule has 18 atom stereocenters. The highest BCUT2D eigenvalue weighted by molar-refractivity contribution is 5.76. The SMILES string of the molecule is CCCCCCCCCCCCCCCCCCCCCCCCCC(=O)N[C@@H](CO[C@@H]1O[C@H](CO)[C@@H](O[C@@H]2O[C@H](CO)[C@H](O)[C@H](O[C@H]3O[C@H](CO)[C@H](O)[C@H](O)[C@H]3O)[C@H]2O)[C@H](O)[C@H]1O)[C@H](O)[C@H](O)CCCCCCCCCCCCCC. The molecule has 3 saturated heterocycles. The molecular formula is C62H119NO19. The summed E-state index contributed by atoms with van der Waals surface area (Å²) in [4.78, 5) is 13.4. The number of carbonyl (C=O) groups excluding carboxylic acids is 1. The van der Waals surface area contributed by atoms with Crippen LogP contribution in [0.3, 0.4) is 0 Å². The van der Waals surface area contributed by atoms with Crippen LogP contribution in [0.1, 0.15) is 251 Å². The number of unbranched alkanes of at least 4 members (excludes halogenated alkanes) is 33. The van der Waals surface area contributed by atoms with Gasteiger partial charge in [-0.15, -0.1) is 0 Å². The number of aliphatic hydroxyl groups excluding tert-OH is 12. The zero-order chi connectivity index (χ0) is 59.9. The van der Waals surface area contributed by atoms with Crippen LogP contribution in [0.5, 0.6) is 0 Å². The van der Waals surface area contributed by atoms with E-state index in [0.29, 0.717) is 12.8 Å². The molecule has 0 aromatic carbocycles. The van der Waals surface area contributed by atoms with E-state index in [1.165, 1.54) is 161 Å². The number of nitrogens with one attached hydrogen (secondary N) is 1. The van der Waals surface area contributed by atoms with Gasteiger partial charge in [0.25, 0.3) is 0 Å². The summed E-state index contributed by atoms with van der Waals surface area (Å²) in [5.74, 6) is -0.355. The van der Waals surface area contributed by atoms with Crippen LogP contribution in [-0.2, 0) is 33.2 Å². The van der Waals surface area contributed by atoms with Gasteiger partial charge in [0.2, 0.25) is 5.91 Å². The first-order valence-electron chi connectivity index (χ1n) is 32.9. The lowest BCUT2D eigenvalue weighted by atomic mass is 9.96. The van der Waals surface area contributed by atoms with Gasteiger partial charge in [0.05, 0.1) is 38.6 Å². The summed E-state index contributed by atoms with van der Waals surface area (Å²) >= 11 is 0. The Morgan fingerprint density at radius 1 is 0.402 bits per heavy atom. The monoisotopic (exact) mass is 1180 g/mol. The summed E-state index contributed by atoms with van der Waals surface area (Å²) < 4.78 is 34.2. The van der Waals surface area contributed by atoms with Crippen molar-refractivity contribution in [2.24, 2.45) is 0 Å². The molecule has 3 fully saturated rings. The minimum atomic E-state index is -1.99. The normalized spacial score (nSPS) is 29.9. The van der Waals surface area contributed by atoms with E-state index < -0.39 is 137 Å². The second kappa shape index (κ2) is 45.9. The van der Waals surface area contributed by atoms with E-state index in [-0.39, 0.29) is 18.7 Å². The molecule has 3 heterocycles. The molecule has 0 saturated carbocycles. The van der Waals surface area contributed by atoms with Gasteiger partial charge in [-0.2, -0.15) is 0 Å². The van der Waals surface area contributed by atoms with Gasteiger partial charge in [0, 0.05) is 6.42 Å². The van der Waals surface area contributed by atoms with Crippen molar-refractivity contribution < 1.29 is 94.5 Å². The van der Waals surface area contributed by atoms with E-state index in [9.17, 15) is 66.1 Å². The van der Waals surface area contributed by atoms with Crippen LogP contribution < -0.4 is 5.32 Å². The molecule has 486 valence electrons. The minimum Gasteiger partial charge on any atom is -0.394 e. The molecule has 0 bridgehead atoms. The third-order valence-corrected chi connectivity index (χ3v) is 17.0. The lowest BCUT2D eigenvalue weighted by Crippen LogP contribution is -2.67. The molecule has 0 spiro atoms. The van der Waals surface area contributed by atoms with Crippen molar-refractivity contribution in [2.75, 3.05) is 26.4 Å². The van der Waals surface area contributed by atoms with Crippen LogP contribution in [0.15, 0.2) is 0 Å². The van der Waals surface area contributed by atoms with E-state index in [2.05, 4.69) is 19.2 Å². The summed E-state index contributed by atoms with van der Waals surface area (Å²) in [6, 6.07) is -1.16. The van der Waals surface area contributed by atoms with E-state index in [4.69, 9.17) is 28.4 Å². The Morgan fingerprint density at radius 3 is 1.18 bits per heavy atom. The Bertz CT molecular complexity index is 1520. The maximum atomic E-state index is 13.4. The van der Waals surface area contributed by atoms with Crippen LogP contribution >= 0.6 is 0 Å². The highest BCUT2D eigenvalue weighted by Gasteiger charge is 2.54. The first kappa shape index (κ1) is 75.0. The van der Waals surface area contributed by atoms with Crippen molar-refractivity contribution in [1.29, 1.82) is 0 Å². The van der Waals surface area contributed by atoms with Crippen molar-refractivity contribution in [1.82, 2.24) is 5.32 Å². The van der Waals surface area contributed by atoms with Gasteiger partial charge in [-0.25, -0.2) is 0 Å². The first-order chi connectivity index (χ1) is 39.7. The molecular weight excluding hydrogens is 1060 g/mol. The van der Waals surface area contributed by atoms with Crippen molar-refractivity contribution in [3.63, 3.8) is 0 Å². The molecule has 20 nitrogen and oxygen atoms in total. The maximum Gasteiger partial charge on any atom is 0.220 e.